The van der Waals surface area contributed by atoms with Crippen LogP contribution in [0.25, 0.3) is 0 Å². The maximum atomic E-state index is 12.3. The zero-order valence-electron chi connectivity index (χ0n) is 11.0. The molecule has 0 radical (unpaired) electrons. The molecule has 1 aromatic rings. The van der Waals surface area contributed by atoms with Crippen LogP contribution >= 0.6 is 23.1 Å². The molecule has 0 bridgehead atoms. The van der Waals surface area contributed by atoms with Crippen molar-refractivity contribution in [1.82, 2.24) is 9.80 Å². The third-order valence-electron chi connectivity index (χ3n) is 3.55. The van der Waals surface area contributed by atoms with Gasteiger partial charge in [-0.3, -0.25) is 19.3 Å². The number of hydrogen-bond acceptors (Lipinski definition) is 5. The van der Waals surface area contributed by atoms with Crippen molar-refractivity contribution < 1.29 is 14.4 Å². The van der Waals surface area contributed by atoms with Crippen LogP contribution in [0.2, 0.25) is 0 Å². The molecule has 3 rings (SSSR count). The van der Waals surface area contributed by atoms with Crippen LogP contribution in [-0.4, -0.2) is 51.7 Å². The molecule has 3 amide bonds. The fourth-order valence-corrected chi connectivity index (χ4v) is 4.17. The van der Waals surface area contributed by atoms with E-state index in [2.05, 4.69) is 0 Å². The van der Waals surface area contributed by atoms with E-state index >= 15 is 0 Å². The van der Waals surface area contributed by atoms with E-state index in [0.717, 1.165) is 21.5 Å². The molecule has 2 saturated heterocycles. The first-order chi connectivity index (χ1) is 9.56. The van der Waals surface area contributed by atoms with Gasteiger partial charge in [0, 0.05) is 18.0 Å². The molecular formula is C13H14N2O3S2. The van der Waals surface area contributed by atoms with Gasteiger partial charge in [-0.15, -0.1) is 11.3 Å². The van der Waals surface area contributed by atoms with Gasteiger partial charge in [0.1, 0.15) is 0 Å². The normalized spacial score (nSPS) is 22.9. The topological polar surface area (TPSA) is 57.7 Å². The predicted molar refractivity (Wildman–Crippen MR) is 78.1 cm³/mol. The Bertz CT molecular complexity index is 568. The van der Waals surface area contributed by atoms with Crippen molar-refractivity contribution in [3.8, 4) is 0 Å². The zero-order chi connectivity index (χ0) is 14.3. The Hall–Kier alpha value is -1.34. The molecule has 20 heavy (non-hydrogen) atoms. The molecule has 0 spiro atoms. The van der Waals surface area contributed by atoms with Gasteiger partial charge >= 0.3 is 0 Å². The van der Waals surface area contributed by atoms with Gasteiger partial charge in [-0.1, -0.05) is 11.8 Å². The number of carbonyl (C=O) groups excluding carboxylic acids is 3. The average Bonchev–Trinajstić information content (AvgIpc) is 3.10. The highest BCUT2D eigenvalue weighted by molar-refractivity contribution is 8.14. The highest BCUT2D eigenvalue weighted by Gasteiger charge is 2.40. The van der Waals surface area contributed by atoms with Crippen LogP contribution < -0.4 is 0 Å². The molecule has 0 aromatic carbocycles. The van der Waals surface area contributed by atoms with Gasteiger partial charge in [0.15, 0.2) is 0 Å². The van der Waals surface area contributed by atoms with E-state index in [9.17, 15) is 14.4 Å². The number of hydrogen-bond donors (Lipinski definition) is 0. The fourth-order valence-electron chi connectivity index (χ4n) is 2.56. The number of rotatable bonds is 2. The third kappa shape index (κ3) is 2.35. The largest absolute Gasteiger partial charge is 0.336 e. The van der Waals surface area contributed by atoms with Gasteiger partial charge in [0.25, 0.3) is 11.1 Å². The molecule has 2 aliphatic rings. The first kappa shape index (κ1) is 13.6. The van der Waals surface area contributed by atoms with Crippen molar-refractivity contribution in [3.63, 3.8) is 0 Å². The van der Waals surface area contributed by atoms with Crippen molar-refractivity contribution in [2.24, 2.45) is 0 Å². The maximum absolute atomic E-state index is 12.3. The summed E-state index contributed by atoms with van der Waals surface area (Å²) in [5.74, 6) is 0.0940. The summed E-state index contributed by atoms with van der Waals surface area (Å²) >= 11 is 2.52. The third-order valence-corrected chi connectivity index (χ3v) is 5.38. The molecule has 0 N–H and O–H groups in total. The molecule has 5 nitrogen and oxygen atoms in total. The molecule has 106 valence electrons. The van der Waals surface area contributed by atoms with Crippen LogP contribution in [0.1, 0.15) is 21.0 Å². The van der Waals surface area contributed by atoms with Crippen molar-refractivity contribution in [2.75, 3.05) is 18.8 Å². The van der Waals surface area contributed by atoms with Gasteiger partial charge in [-0.25, -0.2) is 0 Å². The standard InChI is InChI=1S/C13H14N2O3S2/c1-8-2-3-10(20-8)12(17)14-5-4-9(6-14)15-11(16)7-19-13(15)18/h2-3,9H,4-7H2,1H3. The smallest absolute Gasteiger partial charge is 0.289 e. The van der Waals surface area contributed by atoms with Crippen LogP contribution in [0.4, 0.5) is 4.79 Å². The lowest BCUT2D eigenvalue weighted by Crippen LogP contribution is -2.41. The maximum Gasteiger partial charge on any atom is 0.289 e. The van der Waals surface area contributed by atoms with E-state index in [1.807, 2.05) is 19.1 Å². The quantitative estimate of drug-likeness (QED) is 0.838. The summed E-state index contributed by atoms with van der Waals surface area (Å²) in [7, 11) is 0. The van der Waals surface area contributed by atoms with Gasteiger partial charge in [-0.05, 0) is 25.5 Å². The first-order valence-electron chi connectivity index (χ1n) is 6.41. The summed E-state index contributed by atoms with van der Waals surface area (Å²) in [6.45, 7) is 3.02. The molecule has 0 aliphatic carbocycles. The second-order valence-electron chi connectivity index (χ2n) is 4.92. The van der Waals surface area contributed by atoms with E-state index in [1.165, 1.54) is 16.2 Å². The van der Waals surface area contributed by atoms with E-state index in [1.54, 1.807) is 4.90 Å². The Morgan fingerprint density at radius 2 is 2.15 bits per heavy atom. The number of likely N-dealkylation sites (tertiary alicyclic amines) is 1. The van der Waals surface area contributed by atoms with Crippen LogP contribution in [0.3, 0.4) is 0 Å². The summed E-state index contributed by atoms with van der Waals surface area (Å²) in [4.78, 5) is 40.6. The summed E-state index contributed by atoms with van der Waals surface area (Å²) < 4.78 is 0. The lowest BCUT2D eigenvalue weighted by atomic mass is 10.2. The Kier molecular flexibility index (Phi) is 3.55. The minimum absolute atomic E-state index is 0.00246. The van der Waals surface area contributed by atoms with E-state index in [4.69, 9.17) is 0 Å². The summed E-state index contributed by atoms with van der Waals surface area (Å²) in [5, 5.41) is -0.179. The molecule has 7 heteroatoms. The Morgan fingerprint density at radius 3 is 2.75 bits per heavy atom. The van der Waals surface area contributed by atoms with Crippen molar-refractivity contribution in [2.45, 2.75) is 19.4 Å². The zero-order valence-corrected chi connectivity index (χ0v) is 12.6. The van der Waals surface area contributed by atoms with Gasteiger partial charge in [0.2, 0.25) is 5.91 Å². The Balaban J connectivity index is 1.69. The van der Waals surface area contributed by atoms with Gasteiger partial charge in [0.05, 0.1) is 16.7 Å². The van der Waals surface area contributed by atoms with Crippen molar-refractivity contribution in [3.05, 3.63) is 21.9 Å². The monoisotopic (exact) mass is 310 g/mol. The molecular weight excluding hydrogens is 296 g/mol. The van der Waals surface area contributed by atoms with E-state index in [-0.39, 0.29) is 28.8 Å². The minimum Gasteiger partial charge on any atom is -0.336 e. The fraction of sp³-hybridized carbons (Fsp3) is 0.462. The number of aryl methyl sites for hydroxylation is 1. The van der Waals surface area contributed by atoms with E-state index < -0.39 is 0 Å². The molecule has 1 atom stereocenters. The number of thiophene rings is 1. The SMILES string of the molecule is Cc1ccc(C(=O)N2CCC(N3C(=O)CSC3=O)C2)s1. The second-order valence-corrected chi connectivity index (χ2v) is 7.14. The number of thioether (sulfide) groups is 1. The van der Waals surface area contributed by atoms with Gasteiger partial charge < -0.3 is 4.90 Å². The first-order valence-corrected chi connectivity index (χ1v) is 8.21. The summed E-state index contributed by atoms with van der Waals surface area (Å²) in [6.07, 6.45) is 0.675. The van der Waals surface area contributed by atoms with Crippen LogP contribution in [-0.2, 0) is 4.79 Å². The molecule has 2 fully saturated rings. The average molecular weight is 310 g/mol. The Labute approximate surface area is 124 Å². The summed E-state index contributed by atoms with van der Waals surface area (Å²) in [5.41, 5.74) is 0. The molecule has 1 aromatic heterocycles. The Morgan fingerprint density at radius 1 is 1.35 bits per heavy atom. The van der Waals surface area contributed by atoms with Crippen LogP contribution in [0.15, 0.2) is 12.1 Å². The van der Waals surface area contributed by atoms with Gasteiger partial charge in [-0.2, -0.15) is 0 Å². The highest BCUT2D eigenvalue weighted by Crippen LogP contribution is 2.27. The lowest BCUT2D eigenvalue weighted by Gasteiger charge is -2.21. The van der Waals surface area contributed by atoms with Crippen molar-refractivity contribution in [1.29, 1.82) is 0 Å². The molecule has 0 saturated carbocycles. The predicted octanol–water partition coefficient (Wildman–Crippen LogP) is 1.97. The second kappa shape index (κ2) is 5.21. The summed E-state index contributed by atoms with van der Waals surface area (Å²) in [6, 6.07) is 3.60. The number of amides is 3. The van der Waals surface area contributed by atoms with Crippen LogP contribution in [0.5, 0.6) is 0 Å². The lowest BCUT2D eigenvalue weighted by molar-refractivity contribution is -0.126. The molecule has 3 heterocycles. The van der Waals surface area contributed by atoms with Crippen LogP contribution in [0, 0.1) is 6.92 Å². The number of imide groups is 1. The molecule has 1 unspecified atom stereocenters. The van der Waals surface area contributed by atoms with Crippen molar-refractivity contribution >= 4 is 40.2 Å². The highest BCUT2D eigenvalue weighted by atomic mass is 32.2. The van der Waals surface area contributed by atoms with E-state index in [0.29, 0.717) is 19.5 Å². The molecule has 2 aliphatic heterocycles. The number of nitrogens with zero attached hydrogens (tertiary/aromatic N) is 2. The number of carbonyl (C=O) groups is 3. The minimum atomic E-state index is -0.179.